The number of amides is 1. The fraction of sp³-hybridized carbons (Fsp3) is 0.222. The quantitative estimate of drug-likeness (QED) is 0.917. The molecule has 5 nitrogen and oxygen atoms in total. The summed E-state index contributed by atoms with van der Waals surface area (Å²) in [6.45, 7) is 3.32. The molecule has 0 unspecified atom stereocenters. The third-order valence-electron chi connectivity index (χ3n) is 3.43. The van der Waals surface area contributed by atoms with Gasteiger partial charge in [-0.1, -0.05) is 48.5 Å². The predicted octanol–water partition coefficient (Wildman–Crippen LogP) is 3.53. The molecule has 2 aromatic carbocycles. The lowest BCUT2D eigenvalue weighted by Crippen LogP contribution is -2.37. The first-order chi connectivity index (χ1) is 11.0. The van der Waals surface area contributed by atoms with Crippen molar-refractivity contribution in [3.8, 4) is 0 Å². The van der Waals surface area contributed by atoms with Gasteiger partial charge in [0.25, 0.3) is 0 Å². The molecule has 0 fully saturated rings. The van der Waals surface area contributed by atoms with Crippen molar-refractivity contribution in [1.82, 2.24) is 0 Å². The molecule has 0 heterocycles. The Morgan fingerprint density at radius 3 is 2.17 bits per heavy atom. The van der Waals surface area contributed by atoms with E-state index < -0.39 is 18.6 Å². The molecule has 0 aromatic heterocycles. The van der Waals surface area contributed by atoms with E-state index in [1.54, 1.807) is 0 Å². The third kappa shape index (κ3) is 4.32. The first kappa shape index (κ1) is 16.5. The zero-order valence-electron chi connectivity index (χ0n) is 13.2. The predicted molar refractivity (Wildman–Crippen MR) is 87.5 cm³/mol. The molecule has 23 heavy (non-hydrogen) atoms. The van der Waals surface area contributed by atoms with Crippen molar-refractivity contribution in [2.45, 2.75) is 20.5 Å². The van der Waals surface area contributed by atoms with Crippen LogP contribution in [0.25, 0.3) is 0 Å². The summed E-state index contributed by atoms with van der Waals surface area (Å²) in [4.78, 5) is 24.7. The highest BCUT2D eigenvalue weighted by molar-refractivity contribution is 5.94. The van der Waals surface area contributed by atoms with E-state index in [0.29, 0.717) is 5.69 Å². The second-order valence-corrected chi connectivity index (χ2v) is 5.26. The highest BCUT2D eigenvalue weighted by Gasteiger charge is 2.23. The summed E-state index contributed by atoms with van der Waals surface area (Å²) in [6, 6.07) is 14.8. The van der Waals surface area contributed by atoms with Crippen LogP contribution < -0.4 is 4.90 Å². The molecule has 0 spiro atoms. The Balaban J connectivity index is 2.21. The van der Waals surface area contributed by atoms with Crippen LogP contribution >= 0.6 is 0 Å². The third-order valence-corrected chi connectivity index (χ3v) is 3.43. The average molecular weight is 313 g/mol. The Morgan fingerprint density at radius 1 is 1.00 bits per heavy atom. The number of aliphatic carboxylic acids is 1. The molecular formula is C18H19NO4. The number of carboxylic acids is 1. The van der Waals surface area contributed by atoms with E-state index in [1.807, 2.05) is 62.4 Å². The topological polar surface area (TPSA) is 66.8 Å². The maximum atomic E-state index is 12.4. The molecule has 0 aliphatic rings. The molecule has 1 amide bonds. The minimum atomic E-state index is -1.09. The average Bonchev–Trinajstić information content (AvgIpc) is 2.52. The first-order valence-corrected chi connectivity index (χ1v) is 7.25. The molecule has 0 saturated heterocycles. The smallest absolute Gasteiger partial charge is 0.415 e. The number of nitrogens with zero attached hydrogens (tertiary/aromatic N) is 1. The minimum Gasteiger partial charge on any atom is -0.480 e. The lowest BCUT2D eigenvalue weighted by Gasteiger charge is -2.24. The van der Waals surface area contributed by atoms with Gasteiger partial charge in [-0.15, -0.1) is 0 Å². The van der Waals surface area contributed by atoms with Crippen LogP contribution in [0, 0.1) is 13.8 Å². The normalized spacial score (nSPS) is 10.2. The Labute approximate surface area is 135 Å². The van der Waals surface area contributed by atoms with Crippen LogP contribution in [-0.2, 0) is 16.1 Å². The minimum absolute atomic E-state index is 0.0979. The summed E-state index contributed by atoms with van der Waals surface area (Å²) in [5.41, 5.74) is 3.07. The van der Waals surface area contributed by atoms with Crippen LogP contribution in [0.4, 0.5) is 10.5 Å². The maximum absolute atomic E-state index is 12.4. The van der Waals surface area contributed by atoms with Crippen molar-refractivity contribution in [2.24, 2.45) is 0 Å². The van der Waals surface area contributed by atoms with Gasteiger partial charge in [-0.25, -0.2) is 4.79 Å². The van der Waals surface area contributed by atoms with Crippen LogP contribution in [0.5, 0.6) is 0 Å². The van der Waals surface area contributed by atoms with Crippen molar-refractivity contribution >= 4 is 17.7 Å². The van der Waals surface area contributed by atoms with Gasteiger partial charge < -0.3 is 9.84 Å². The lowest BCUT2D eigenvalue weighted by atomic mass is 10.1. The van der Waals surface area contributed by atoms with E-state index in [9.17, 15) is 9.59 Å². The standard InChI is InChI=1S/C18H19NO4/c1-13-7-6-8-14(2)17(13)19(11-16(20)21)18(22)23-12-15-9-4-3-5-10-15/h3-10H,11-12H2,1-2H3,(H,20,21). The van der Waals surface area contributed by atoms with Crippen LogP contribution in [0.2, 0.25) is 0 Å². The van der Waals surface area contributed by atoms with E-state index in [-0.39, 0.29) is 6.61 Å². The number of para-hydroxylation sites is 1. The van der Waals surface area contributed by atoms with Gasteiger partial charge in [0.05, 0.1) is 5.69 Å². The summed E-state index contributed by atoms with van der Waals surface area (Å²) in [5.74, 6) is -1.09. The van der Waals surface area contributed by atoms with Crippen LogP contribution in [0.3, 0.4) is 0 Å². The zero-order chi connectivity index (χ0) is 16.8. The summed E-state index contributed by atoms with van der Waals surface area (Å²) >= 11 is 0. The second kappa shape index (κ2) is 7.45. The van der Waals surface area contributed by atoms with Crippen molar-refractivity contribution in [1.29, 1.82) is 0 Å². The highest BCUT2D eigenvalue weighted by Crippen LogP contribution is 2.25. The SMILES string of the molecule is Cc1cccc(C)c1N(CC(=O)O)C(=O)OCc1ccccc1. The molecule has 5 heteroatoms. The van der Waals surface area contributed by atoms with Gasteiger partial charge in [-0.3, -0.25) is 9.69 Å². The van der Waals surface area contributed by atoms with Gasteiger partial charge in [0.1, 0.15) is 13.2 Å². The number of anilines is 1. The van der Waals surface area contributed by atoms with Crippen molar-refractivity contribution in [3.63, 3.8) is 0 Å². The zero-order valence-corrected chi connectivity index (χ0v) is 13.2. The molecule has 0 radical (unpaired) electrons. The van der Waals surface area contributed by atoms with Gasteiger partial charge >= 0.3 is 12.1 Å². The number of benzene rings is 2. The monoisotopic (exact) mass is 313 g/mol. The number of aryl methyl sites for hydroxylation is 2. The lowest BCUT2D eigenvalue weighted by molar-refractivity contribution is -0.135. The van der Waals surface area contributed by atoms with E-state index in [1.165, 1.54) is 0 Å². The Bertz CT molecular complexity index is 677. The van der Waals surface area contributed by atoms with E-state index in [2.05, 4.69) is 0 Å². The number of hydrogen-bond donors (Lipinski definition) is 1. The molecule has 1 N–H and O–H groups in total. The van der Waals surface area contributed by atoms with E-state index in [4.69, 9.17) is 9.84 Å². The number of carboxylic acid groups (broad SMARTS) is 1. The molecule has 0 bridgehead atoms. The van der Waals surface area contributed by atoms with E-state index in [0.717, 1.165) is 21.6 Å². The summed E-state index contributed by atoms with van der Waals surface area (Å²) in [6.07, 6.45) is -0.673. The van der Waals surface area contributed by atoms with Crippen LogP contribution in [0.1, 0.15) is 16.7 Å². The molecule has 0 atom stereocenters. The van der Waals surface area contributed by atoms with Crippen molar-refractivity contribution < 1.29 is 19.4 Å². The molecule has 120 valence electrons. The molecular weight excluding hydrogens is 294 g/mol. The second-order valence-electron chi connectivity index (χ2n) is 5.26. The highest BCUT2D eigenvalue weighted by atomic mass is 16.6. The molecule has 0 aliphatic carbocycles. The molecule has 0 aliphatic heterocycles. The first-order valence-electron chi connectivity index (χ1n) is 7.25. The van der Waals surface area contributed by atoms with Crippen LogP contribution in [-0.4, -0.2) is 23.7 Å². The van der Waals surface area contributed by atoms with Gasteiger partial charge in [0, 0.05) is 0 Å². The maximum Gasteiger partial charge on any atom is 0.415 e. The number of rotatable bonds is 5. The van der Waals surface area contributed by atoms with Crippen LogP contribution in [0.15, 0.2) is 48.5 Å². The van der Waals surface area contributed by atoms with E-state index >= 15 is 0 Å². The number of carbonyl (C=O) groups excluding carboxylic acids is 1. The number of carbonyl (C=O) groups is 2. The molecule has 2 rings (SSSR count). The molecule has 2 aromatic rings. The Hall–Kier alpha value is -2.82. The van der Waals surface area contributed by atoms with Crippen molar-refractivity contribution in [3.05, 3.63) is 65.2 Å². The summed E-state index contributed by atoms with van der Waals surface area (Å²) < 4.78 is 5.28. The Morgan fingerprint density at radius 2 is 1.61 bits per heavy atom. The largest absolute Gasteiger partial charge is 0.480 e. The fourth-order valence-electron chi connectivity index (χ4n) is 2.40. The fourth-order valence-corrected chi connectivity index (χ4v) is 2.40. The Kier molecular flexibility index (Phi) is 5.36. The van der Waals surface area contributed by atoms with Gasteiger partial charge in [0.2, 0.25) is 0 Å². The van der Waals surface area contributed by atoms with Gasteiger partial charge in [0.15, 0.2) is 0 Å². The number of hydrogen-bond acceptors (Lipinski definition) is 3. The molecule has 0 saturated carbocycles. The number of ether oxygens (including phenoxy) is 1. The van der Waals surface area contributed by atoms with Crippen molar-refractivity contribution in [2.75, 3.05) is 11.4 Å². The van der Waals surface area contributed by atoms with Gasteiger partial charge in [-0.2, -0.15) is 0 Å². The summed E-state index contributed by atoms with van der Waals surface area (Å²) in [7, 11) is 0. The van der Waals surface area contributed by atoms with Gasteiger partial charge in [-0.05, 0) is 30.5 Å². The summed E-state index contributed by atoms with van der Waals surface area (Å²) in [5, 5.41) is 9.11.